The molecule has 3 rings (SSSR count). The van der Waals surface area contributed by atoms with Gasteiger partial charge in [-0.25, -0.2) is 0 Å². The molecule has 0 radical (unpaired) electrons. The minimum absolute atomic E-state index is 0.0492. The molecule has 0 saturated heterocycles. The third-order valence-corrected chi connectivity index (χ3v) is 4.61. The highest BCUT2D eigenvalue weighted by atomic mass is 35.5. The zero-order valence-electron chi connectivity index (χ0n) is 12.3. The van der Waals surface area contributed by atoms with Crippen molar-refractivity contribution in [3.05, 3.63) is 70.2 Å². The van der Waals surface area contributed by atoms with Crippen molar-refractivity contribution in [3.8, 4) is 0 Å². The molecule has 2 aromatic rings. The molecule has 1 aliphatic rings. The lowest BCUT2D eigenvalue weighted by Crippen LogP contribution is -2.39. The maximum atomic E-state index is 10.5. The van der Waals surface area contributed by atoms with E-state index in [1.807, 2.05) is 24.3 Å². The molecule has 3 nitrogen and oxygen atoms in total. The molecule has 0 aliphatic carbocycles. The molecule has 2 atom stereocenters. The Labute approximate surface area is 135 Å². The fraction of sp³-hybridized carbons (Fsp3) is 0.333. The summed E-state index contributed by atoms with van der Waals surface area (Å²) >= 11 is 5.88. The summed E-state index contributed by atoms with van der Waals surface area (Å²) in [7, 11) is 0. The molecule has 0 spiro atoms. The molecule has 4 heteroatoms. The Bertz CT molecular complexity index is 629. The fourth-order valence-electron chi connectivity index (χ4n) is 3.15. The summed E-state index contributed by atoms with van der Waals surface area (Å²) in [6.07, 6.45) is 0.358. The second-order valence-electron chi connectivity index (χ2n) is 5.71. The molecule has 0 aromatic heterocycles. The first-order valence-electron chi connectivity index (χ1n) is 7.55. The number of nitrogens with zero attached hydrogens (tertiary/aromatic N) is 1. The number of hydrogen-bond acceptors (Lipinski definition) is 3. The van der Waals surface area contributed by atoms with Gasteiger partial charge in [0.1, 0.15) is 0 Å². The standard InChI is InChI=1S/C18H20ClNO2/c19-15-7-5-14(6-8-15)18(22)11-20-10-9-13-3-1-2-4-16(13)17(20)12-21/h1-8,17-18,21-22H,9-12H2. The van der Waals surface area contributed by atoms with E-state index in [1.165, 1.54) is 11.1 Å². The van der Waals surface area contributed by atoms with E-state index in [9.17, 15) is 10.2 Å². The summed E-state index contributed by atoms with van der Waals surface area (Å²) in [6.45, 7) is 1.40. The lowest BCUT2D eigenvalue weighted by Gasteiger charge is -2.37. The van der Waals surface area contributed by atoms with Crippen LogP contribution in [0.5, 0.6) is 0 Å². The maximum Gasteiger partial charge on any atom is 0.0917 e. The molecule has 116 valence electrons. The molecule has 0 bridgehead atoms. The van der Waals surface area contributed by atoms with E-state index in [1.54, 1.807) is 12.1 Å². The molecule has 2 unspecified atom stereocenters. The molecule has 0 saturated carbocycles. The van der Waals surface area contributed by atoms with Crippen LogP contribution in [0.3, 0.4) is 0 Å². The molecule has 1 aliphatic heterocycles. The van der Waals surface area contributed by atoms with Gasteiger partial charge in [-0.1, -0.05) is 48.0 Å². The quantitative estimate of drug-likeness (QED) is 0.911. The summed E-state index contributed by atoms with van der Waals surface area (Å²) < 4.78 is 0. The van der Waals surface area contributed by atoms with Crippen molar-refractivity contribution in [2.75, 3.05) is 19.7 Å². The SMILES string of the molecule is OCC1c2ccccc2CCN1CC(O)c1ccc(Cl)cc1. The highest BCUT2D eigenvalue weighted by Crippen LogP contribution is 2.31. The number of β-amino-alcohol motifs (C(OH)–C–C–N with tert-alkyl or cyclic N) is 1. The largest absolute Gasteiger partial charge is 0.394 e. The minimum atomic E-state index is -0.587. The summed E-state index contributed by atoms with van der Waals surface area (Å²) in [5.41, 5.74) is 3.30. The highest BCUT2D eigenvalue weighted by molar-refractivity contribution is 6.30. The van der Waals surface area contributed by atoms with Crippen molar-refractivity contribution < 1.29 is 10.2 Å². The van der Waals surface area contributed by atoms with Crippen molar-refractivity contribution in [3.63, 3.8) is 0 Å². The van der Waals surface area contributed by atoms with Gasteiger partial charge in [-0.2, -0.15) is 0 Å². The lowest BCUT2D eigenvalue weighted by molar-refractivity contribution is 0.0561. The topological polar surface area (TPSA) is 43.7 Å². The first kappa shape index (κ1) is 15.5. The predicted molar refractivity (Wildman–Crippen MR) is 88.0 cm³/mol. The monoisotopic (exact) mass is 317 g/mol. The average molecular weight is 318 g/mol. The third kappa shape index (κ3) is 3.18. The molecule has 22 heavy (non-hydrogen) atoms. The summed E-state index contributed by atoms with van der Waals surface area (Å²) in [4.78, 5) is 2.15. The maximum absolute atomic E-state index is 10.5. The molecule has 2 N–H and O–H groups in total. The van der Waals surface area contributed by atoms with Gasteiger partial charge in [0.05, 0.1) is 18.8 Å². The highest BCUT2D eigenvalue weighted by Gasteiger charge is 2.28. The van der Waals surface area contributed by atoms with Crippen molar-refractivity contribution in [2.24, 2.45) is 0 Å². The molecule has 2 aromatic carbocycles. The molecular weight excluding hydrogens is 298 g/mol. The first-order valence-corrected chi connectivity index (χ1v) is 7.93. The van der Waals surface area contributed by atoms with E-state index in [4.69, 9.17) is 11.6 Å². The van der Waals surface area contributed by atoms with Gasteiger partial charge in [0, 0.05) is 18.1 Å². The Balaban J connectivity index is 1.76. The number of fused-ring (bicyclic) bond motifs is 1. The van der Waals surface area contributed by atoms with Gasteiger partial charge >= 0.3 is 0 Å². The van der Waals surface area contributed by atoms with E-state index in [0.717, 1.165) is 18.5 Å². The fourth-order valence-corrected chi connectivity index (χ4v) is 3.27. The van der Waals surface area contributed by atoms with Crippen LogP contribution in [-0.4, -0.2) is 34.8 Å². The first-order chi connectivity index (χ1) is 10.7. The van der Waals surface area contributed by atoms with Crippen LogP contribution >= 0.6 is 11.6 Å². The van der Waals surface area contributed by atoms with Gasteiger partial charge < -0.3 is 10.2 Å². The van der Waals surface area contributed by atoms with Gasteiger partial charge in [0.25, 0.3) is 0 Å². The Morgan fingerprint density at radius 3 is 2.59 bits per heavy atom. The van der Waals surface area contributed by atoms with Crippen molar-refractivity contribution in [1.29, 1.82) is 0 Å². The van der Waals surface area contributed by atoms with Gasteiger partial charge in [-0.15, -0.1) is 0 Å². The lowest BCUT2D eigenvalue weighted by atomic mass is 9.92. The normalized spacial score (nSPS) is 19.7. The van der Waals surface area contributed by atoms with E-state index in [0.29, 0.717) is 11.6 Å². The van der Waals surface area contributed by atoms with E-state index in [-0.39, 0.29) is 12.6 Å². The van der Waals surface area contributed by atoms with Crippen LogP contribution in [0.25, 0.3) is 0 Å². The second-order valence-corrected chi connectivity index (χ2v) is 6.15. The zero-order chi connectivity index (χ0) is 15.5. The molecule has 0 amide bonds. The minimum Gasteiger partial charge on any atom is -0.394 e. The van der Waals surface area contributed by atoms with Gasteiger partial charge in [0.2, 0.25) is 0 Å². The summed E-state index contributed by atoms with van der Waals surface area (Å²) in [5.74, 6) is 0. The number of aliphatic hydroxyl groups excluding tert-OH is 2. The summed E-state index contributed by atoms with van der Waals surface area (Å²) in [5, 5.41) is 20.9. The van der Waals surface area contributed by atoms with Crippen LogP contribution in [-0.2, 0) is 6.42 Å². The van der Waals surface area contributed by atoms with Crippen molar-refractivity contribution in [2.45, 2.75) is 18.6 Å². The van der Waals surface area contributed by atoms with Gasteiger partial charge in [0.15, 0.2) is 0 Å². The van der Waals surface area contributed by atoms with Crippen LogP contribution in [0.15, 0.2) is 48.5 Å². The number of aliphatic hydroxyl groups is 2. The van der Waals surface area contributed by atoms with E-state index < -0.39 is 6.10 Å². The van der Waals surface area contributed by atoms with Gasteiger partial charge in [-0.05, 0) is 35.2 Å². The number of benzene rings is 2. The second kappa shape index (κ2) is 6.80. The average Bonchev–Trinajstić information content (AvgIpc) is 2.55. The van der Waals surface area contributed by atoms with Crippen molar-refractivity contribution >= 4 is 11.6 Å². The molecular formula is C18H20ClNO2. The molecule has 0 fully saturated rings. The molecule has 1 heterocycles. The zero-order valence-corrected chi connectivity index (χ0v) is 13.1. The van der Waals surface area contributed by atoms with Crippen molar-refractivity contribution in [1.82, 2.24) is 4.90 Å². The Morgan fingerprint density at radius 1 is 1.14 bits per heavy atom. The van der Waals surface area contributed by atoms with Gasteiger partial charge in [-0.3, -0.25) is 4.90 Å². The number of rotatable bonds is 4. The van der Waals surface area contributed by atoms with Crippen LogP contribution in [0.1, 0.15) is 28.8 Å². The van der Waals surface area contributed by atoms with Crippen LogP contribution in [0.2, 0.25) is 5.02 Å². The number of hydrogen-bond donors (Lipinski definition) is 2. The smallest absolute Gasteiger partial charge is 0.0917 e. The predicted octanol–water partition coefficient (Wildman–Crippen LogP) is 2.97. The third-order valence-electron chi connectivity index (χ3n) is 4.36. The summed E-state index contributed by atoms with van der Waals surface area (Å²) in [6, 6.07) is 15.4. The Morgan fingerprint density at radius 2 is 1.86 bits per heavy atom. The van der Waals surface area contributed by atoms with Crippen LogP contribution in [0, 0.1) is 0 Å². The Hall–Kier alpha value is -1.39. The van der Waals surface area contributed by atoms with Crippen LogP contribution < -0.4 is 0 Å². The van der Waals surface area contributed by atoms with Crippen LogP contribution in [0.4, 0.5) is 0 Å². The number of halogens is 1. The Kier molecular flexibility index (Phi) is 4.79. The van der Waals surface area contributed by atoms with E-state index >= 15 is 0 Å². The van der Waals surface area contributed by atoms with E-state index in [2.05, 4.69) is 17.0 Å².